The average Bonchev–Trinajstić information content (AvgIpc) is 2.52. The smallest absolute Gasteiger partial charge is 0.416 e. The van der Waals surface area contributed by atoms with E-state index < -0.39 is 41.4 Å². The molecule has 1 aliphatic rings. The summed E-state index contributed by atoms with van der Waals surface area (Å²) in [4.78, 5) is 23.6. The summed E-state index contributed by atoms with van der Waals surface area (Å²) in [7, 11) is 0. The summed E-state index contributed by atoms with van der Waals surface area (Å²) in [6, 6.07) is 4.36. The summed E-state index contributed by atoms with van der Waals surface area (Å²) in [6.07, 6.45) is -4.17. The number of carbonyl (C=O) groups is 2. The summed E-state index contributed by atoms with van der Waals surface area (Å²) < 4.78 is 43.9. The van der Waals surface area contributed by atoms with Crippen LogP contribution >= 0.6 is 0 Å². The predicted octanol–water partition coefficient (Wildman–Crippen LogP) is 4.57. The van der Waals surface area contributed by atoms with Gasteiger partial charge in [0.15, 0.2) is 0 Å². The minimum absolute atomic E-state index is 0.150. The van der Waals surface area contributed by atoms with Crippen molar-refractivity contribution in [3.8, 4) is 0 Å². The number of benzene rings is 1. The number of hydrogen-bond donors (Lipinski definition) is 2. The molecule has 1 amide bonds. The molecule has 1 aromatic carbocycles. The van der Waals surface area contributed by atoms with Gasteiger partial charge < -0.3 is 15.2 Å². The van der Waals surface area contributed by atoms with Crippen LogP contribution in [0.4, 0.5) is 18.0 Å². The first-order valence-electron chi connectivity index (χ1n) is 8.76. The van der Waals surface area contributed by atoms with Crippen molar-refractivity contribution in [2.24, 2.45) is 5.92 Å². The molecule has 2 rings (SSSR count). The lowest BCUT2D eigenvalue weighted by molar-refractivity contribution is -0.144. The summed E-state index contributed by atoms with van der Waals surface area (Å²) in [6.45, 7) is 5.10. The van der Waals surface area contributed by atoms with Crippen LogP contribution in [0.2, 0.25) is 0 Å². The Labute approximate surface area is 155 Å². The largest absolute Gasteiger partial charge is 0.481 e. The molecule has 2 N–H and O–H groups in total. The number of carbonyl (C=O) groups excluding carboxylic acids is 1. The molecule has 0 spiro atoms. The van der Waals surface area contributed by atoms with Crippen LogP contribution in [0.3, 0.4) is 0 Å². The third kappa shape index (κ3) is 5.87. The van der Waals surface area contributed by atoms with Crippen LogP contribution in [0.15, 0.2) is 24.3 Å². The fourth-order valence-electron chi connectivity index (χ4n) is 3.35. The van der Waals surface area contributed by atoms with Gasteiger partial charge in [-0.1, -0.05) is 18.2 Å². The number of alkyl halides is 3. The van der Waals surface area contributed by atoms with Gasteiger partial charge in [0, 0.05) is 6.04 Å². The second kappa shape index (κ2) is 7.78. The first-order valence-corrected chi connectivity index (χ1v) is 8.76. The van der Waals surface area contributed by atoms with E-state index in [4.69, 9.17) is 4.74 Å². The standard InChI is InChI=1S/C19H24F3NO4/c1-18(2,3)27-17(26)23-15-8-7-12(10-14(15)16(24)25)11-5-4-6-13(9-11)19(20,21)22/h4-6,9,12,14-15H,7-8,10H2,1-3H3,(H,23,26)(H,24,25)/t12-,14-,15-/m0/s1. The second-order valence-electron chi connectivity index (χ2n) is 7.83. The van der Waals surface area contributed by atoms with Crippen molar-refractivity contribution >= 4 is 12.1 Å². The van der Waals surface area contributed by atoms with Crippen molar-refractivity contribution in [3.05, 3.63) is 35.4 Å². The zero-order valence-corrected chi connectivity index (χ0v) is 15.5. The summed E-state index contributed by atoms with van der Waals surface area (Å²) in [5, 5.41) is 12.1. The van der Waals surface area contributed by atoms with Gasteiger partial charge in [-0.05, 0) is 57.6 Å². The second-order valence-corrected chi connectivity index (χ2v) is 7.83. The van der Waals surface area contributed by atoms with E-state index in [1.165, 1.54) is 6.07 Å². The Bertz CT molecular complexity index is 697. The normalized spacial score (nSPS) is 23.6. The highest BCUT2D eigenvalue weighted by Crippen LogP contribution is 2.39. The van der Waals surface area contributed by atoms with Crippen molar-refractivity contribution in [2.45, 2.75) is 63.8 Å². The Morgan fingerprint density at radius 2 is 1.85 bits per heavy atom. The van der Waals surface area contributed by atoms with Gasteiger partial charge in [-0.15, -0.1) is 0 Å². The molecule has 0 aliphatic heterocycles. The number of aliphatic carboxylic acids is 1. The van der Waals surface area contributed by atoms with E-state index in [-0.39, 0.29) is 12.3 Å². The van der Waals surface area contributed by atoms with Crippen LogP contribution in [0, 0.1) is 5.92 Å². The molecule has 1 aliphatic carbocycles. The van der Waals surface area contributed by atoms with Gasteiger partial charge >= 0.3 is 18.2 Å². The molecular weight excluding hydrogens is 363 g/mol. The number of hydrogen-bond acceptors (Lipinski definition) is 3. The zero-order chi connectivity index (χ0) is 20.4. The summed E-state index contributed by atoms with van der Waals surface area (Å²) in [5.74, 6) is -2.30. The Hall–Kier alpha value is -2.25. The number of rotatable bonds is 3. The van der Waals surface area contributed by atoms with E-state index in [0.717, 1.165) is 12.1 Å². The average molecular weight is 387 g/mol. The van der Waals surface area contributed by atoms with Gasteiger partial charge in [0.1, 0.15) is 5.60 Å². The maximum Gasteiger partial charge on any atom is 0.416 e. The minimum Gasteiger partial charge on any atom is -0.481 e. The van der Waals surface area contributed by atoms with E-state index in [2.05, 4.69) is 5.32 Å². The molecule has 150 valence electrons. The van der Waals surface area contributed by atoms with E-state index in [9.17, 15) is 27.9 Å². The first-order chi connectivity index (χ1) is 12.4. The predicted molar refractivity (Wildman–Crippen MR) is 92.3 cm³/mol. The molecule has 0 unspecified atom stereocenters. The number of halogens is 3. The third-order valence-electron chi connectivity index (χ3n) is 4.55. The highest BCUT2D eigenvalue weighted by molar-refractivity contribution is 5.74. The summed E-state index contributed by atoms with van der Waals surface area (Å²) in [5.41, 5.74) is -0.995. The van der Waals surface area contributed by atoms with Crippen molar-refractivity contribution in [3.63, 3.8) is 0 Å². The van der Waals surface area contributed by atoms with Crippen molar-refractivity contribution < 1.29 is 32.6 Å². The van der Waals surface area contributed by atoms with Gasteiger partial charge in [-0.25, -0.2) is 4.79 Å². The van der Waals surface area contributed by atoms with Crippen molar-refractivity contribution in [1.82, 2.24) is 5.32 Å². The summed E-state index contributed by atoms with van der Waals surface area (Å²) >= 11 is 0. The van der Waals surface area contributed by atoms with E-state index >= 15 is 0 Å². The van der Waals surface area contributed by atoms with Gasteiger partial charge in [0.25, 0.3) is 0 Å². The molecule has 1 fully saturated rings. The molecule has 0 radical (unpaired) electrons. The number of nitrogens with one attached hydrogen (secondary N) is 1. The molecule has 0 saturated heterocycles. The van der Waals surface area contributed by atoms with Gasteiger partial charge in [-0.3, -0.25) is 4.79 Å². The van der Waals surface area contributed by atoms with Crippen molar-refractivity contribution in [2.75, 3.05) is 0 Å². The molecule has 8 heteroatoms. The lowest BCUT2D eigenvalue weighted by Crippen LogP contribution is -2.47. The third-order valence-corrected chi connectivity index (χ3v) is 4.55. The number of carboxylic acid groups (broad SMARTS) is 1. The number of alkyl carbamates (subject to hydrolysis) is 1. The Balaban J connectivity index is 2.12. The highest BCUT2D eigenvalue weighted by Gasteiger charge is 2.38. The van der Waals surface area contributed by atoms with Crippen LogP contribution < -0.4 is 5.32 Å². The van der Waals surface area contributed by atoms with Crippen LogP contribution in [-0.4, -0.2) is 28.8 Å². The molecule has 27 heavy (non-hydrogen) atoms. The quantitative estimate of drug-likeness (QED) is 0.797. The number of amides is 1. The number of ether oxygens (including phenoxy) is 1. The molecule has 5 nitrogen and oxygen atoms in total. The van der Waals surface area contributed by atoms with Crippen molar-refractivity contribution in [1.29, 1.82) is 0 Å². The Morgan fingerprint density at radius 1 is 1.19 bits per heavy atom. The maximum absolute atomic E-state index is 12.9. The molecule has 1 aromatic rings. The zero-order valence-electron chi connectivity index (χ0n) is 15.5. The van der Waals surface area contributed by atoms with Crippen LogP contribution in [-0.2, 0) is 15.7 Å². The molecular formula is C19H24F3NO4. The fourth-order valence-corrected chi connectivity index (χ4v) is 3.35. The lowest BCUT2D eigenvalue weighted by atomic mass is 9.75. The van der Waals surface area contributed by atoms with E-state index in [1.807, 2.05) is 0 Å². The van der Waals surface area contributed by atoms with Gasteiger partial charge in [0.2, 0.25) is 0 Å². The Morgan fingerprint density at radius 3 is 2.41 bits per heavy atom. The first kappa shape index (κ1) is 21.1. The van der Waals surface area contributed by atoms with Crippen LogP contribution in [0.5, 0.6) is 0 Å². The van der Waals surface area contributed by atoms with E-state index in [1.54, 1.807) is 26.8 Å². The SMILES string of the molecule is CC(C)(C)OC(=O)N[C@H]1CC[C@H](c2cccc(C(F)(F)F)c2)C[C@@H]1C(=O)O. The molecule has 1 saturated carbocycles. The topological polar surface area (TPSA) is 75.6 Å². The molecule has 3 atom stereocenters. The number of carboxylic acids is 1. The highest BCUT2D eigenvalue weighted by atomic mass is 19.4. The maximum atomic E-state index is 12.9. The van der Waals surface area contributed by atoms with Gasteiger partial charge in [0.05, 0.1) is 11.5 Å². The molecule has 0 bridgehead atoms. The Kier molecular flexibility index (Phi) is 6.07. The molecule has 0 heterocycles. The minimum atomic E-state index is -4.45. The van der Waals surface area contributed by atoms with E-state index in [0.29, 0.717) is 18.4 Å². The van der Waals surface area contributed by atoms with Crippen LogP contribution in [0.25, 0.3) is 0 Å². The fraction of sp³-hybridized carbons (Fsp3) is 0.579. The lowest BCUT2D eigenvalue weighted by Gasteiger charge is -2.35. The van der Waals surface area contributed by atoms with Gasteiger partial charge in [-0.2, -0.15) is 13.2 Å². The van der Waals surface area contributed by atoms with Crippen LogP contribution in [0.1, 0.15) is 57.1 Å². The molecule has 0 aromatic heterocycles. The monoisotopic (exact) mass is 387 g/mol.